The molecule has 104 valence electrons. The van der Waals surface area contributed by atoms with Crippen LogP contribution in [-0.4, -0.2) is 29.8 Å². The fourth-order valence-corrected chi connectivity index (χ4v) is 1.54. The molecule has 0 radical (unpaired) electrons. The van der Waals surface area contributed by atoms with Gasteiger partial charge in [-0.05, 0) is 12.0 Å². The van der Waals surface area contributed by atoms with Gasteiger partial charge in [-0.3, -0.25) is 0 Å². The summed E-state index contributed by atoms with van der Waals surface area (Å²) in [6.45, 7) is 2.29. The van der Waals surface area contributed by atoms with E-state index in [2.05, 4.69) is 5.32 Å². The highest BCUT2D eigenvalue weighted by molar-refractivity contribution is 5.80. The van der Waals surface area contributed by atoms with Gasteiger partial charge in [0.05, 0.1) is 6.61 Å². The minimum absolute atomic E-state index is 0.235. The normalized spacial score (nSPS) is 11.6. The van der Waals surface area contributed by atoms with E-state index in [0.29, 0.717) is 6.61 Å². The highest BCUT2D eigenvalue weighted by atomic mass is 16.5. The van der Waals surface area contributed by atoms with Crippen molar-refractivity contribution in [3.63, 3.8) is 0 Å². The van der Waals surface area contributed by atoms with E-state index in [9.17, 15) is 9.59 Å². The third kappa shape index (κ3) is 5.90. The Bertz CT molecular complexity index is 405. The lowest BCUT2D eigenvalue weighted by molar-refractivity contribution is -0.139. The molecular formula is C14H19NO4. The van der Waals surface area contributed by atoms with Crippen LogP contribution in [0, 0.1) is 0 Å². The molecule has 19 heavy (non-hydrogen) atoms. The first-order chi connectivity index (χ1) is 9.13. The van der Waals surface area contributed by atoms with E-state index >= 15 is 0 Å². The Morgan fingerprint density at radius 2 is 2.00 bits per heavy atom. The van der Waals surface area contributed by atoms with Gasteiger partial charge in [-0.25, -0.2) is 9.59 Å². The van der Waals surface area contributed by atoms with Crippen molar-refractivity contribution in [2.24, 2.45) is 0 Å². The lowest BCUT2D eigenvalue weighted by Gasteiger charge is -2.14. The van der Waals surface area contributed by atoms with Crippen molar-refractivity contribution < 1.29 is 19.4 Å². The molecule has 0 aromatic heterocycles. The smallest absolute Gasteiger partial charge is 0.407 e. The third-order valence-corrected chi connectivity index (χ3v) is 2.60. The number of alkyl carbamates (subject to hydrolysis) is 1. The first-order valence-electron chi connectivity index (χ1n) is 6.33. The van der Waals surface area contributed by atoms with Crippen molar-refractivity contribution in [1.29, 1.82) is 0 Å². The molecule has 2 N–H and O–H groups in total. The lowest BCUT2D eigenvalue weighted by Crippen LogP contribution is -2.42. The summed E-state index contributed by atoms with van der Waals surface area (Å²) in [5.41, 5.74) is 0.851. The van der Waals surface area contributed by atoms with Gasteiger partial charge in [-0.15, -0.1) is 0 Å². The second-order valence-corrected chi connectivity index (χ2v) is 4.21. The SMILES string of the molecule is CCCCOC(=O)N[C@H](Cc1ccccc1)C(=O)O. The lowest BCUT2D eigenvalue weighted by atomic mass is 10.1. The van der Waals surface area contributed by atoms with E-state index < -0.39 is 18.1 Å². The summed E-state index contributed by atoms with van der Waals surface area (Å²) in [4.78, 5) is 22.5. The summed E-state index contributed by atoms with van der Waals surface area (Å²) in [6, 6.07) is 8.17. The van der Waals surface area contributed by atoms with Crippen LogP contribution >= 0.6 is 0 Å². The number of hydrogen-bond acceptors (Lipinski definition) is 3. The first-order valence-corrected chi connectivity index (χ1v) is 6.33. The number of hydrogen-bond donors (Lipinski definition) is 2. The molecule has 0 aliphatic rings. The molecule has 1 atom stereocenters. The number of carboxylic acids is 1. The molecule has 0 bridgehead atoms. The Balaban J connectivity index is 2.49. The molecule has 5 nitrogen and oxygen atoms in total. The molecule has 0 aliphatic carbocycles. The Morgan fingerprint density at radius 1 is 1.32 bits per heavy atom. The van der Waals surface area contributed by atoms with Crippen LogP contribution in [0.25, 0.3) is 0 Å². The van der Waals surface area contributed by atoms with Crippen molar-refractivity contribution >= 4 is 12.1 Å². The zero-order valence-corrected chi connectivity index (χ0v) is 11.0. The topological polar surface area (TPSA) is 75.6 Å². The number of carboxylic acid groups (broad SMARTS) is 1. The fraction of sp³-hybridized carbons (Fsp3) is 0.429. The number of rotatable bonds is 7. The monoisotopic (exact) mass is 265 g/mol. The largest absolute Gasteiger partial charge is 0.480 e. The van der Waals surface area contributed by atoms with Gasteiger partial charge < -0.3 is 15.2 Å². The van der Waals surface area contributed by atoms with E-state index in [-0.39, 0.29) is 6.42 Å². The van der Waals surface area contributed by atoms with Crippen LogP contribution in [0.1, 0.15) is 25.3 Å². The van der Waals surface area contributed by atoms with Crippen molar-refractivity contribution in [1.82, 2.24) is 5.32 Å². The van der Waals surface area contributed by atoms with Crippen LogP contribution in [0.15, 0.2) is 30.3 Å². The minimum Gasteiger partial charge on any atom is -0.480 e. The number of carbonyl (C=O) groups excluding carboxylic acids is 1. The molecule has 5 heteroatoms. The van der Waals surface area contributed by atoms with Gasteiger partial charge in [-0.1, -0.05) is 43.7 Å². The highest BCUT2D eigenvalue weighted by Crippen LogP contribution is 2.04. The van der Waals surface area contributed by atoms with E-state index in [1.54, 1.807) is 0 Å². The van der Waals surface area contributed by atoms with Crippen LogP contribution in [-0.2, 0) is 16.0 Å². The van der Waals surface area contributed by atoms with E-state index in [0.717, 1.165) is 18.4 Å². The summed E-state index contributed by atoms with van der Waals surface area (Å²) in [5.74, 6) is -1.07. The van der Waals surface area contributed by atoms with Crippen LogP contribution < -0.4 is 5.32 Å². The van der Waals surface area contributed by atoms with Gasteiger partial charge in [0.15, 0.2) is 0 Å². The molecule has 0 unspecified atom stereocenters. The van der Waals surface area contributed by atoms with Crippen LogP contribution in [0.4, 0.5) is 4.79 Å². The number of carbonyl (C=O) groups is 2. The number of ether oxygens (including phenoxy) is 1. The quantitative estimate of drug-likeness (QED) is 0.741. The maximum absolute atomic E-state index is 11.4. The molecule has 0 saturated heterocycles. The van der Waals surface area contributed by atoms with E-state index in [1.807, 2.05) is 37.3 Å². The second kappa shape index (κ2) is 8.13. The maximum Gasteiger partial charge on any atom is 0.407 e. The Hall–Kier alpha value is -2.04. The second-order valence-electron chi connectivity index (χ2n) is 4.21. The molecule has 1 amide bonds. The van der Waals surface area contributed by atoms with Crippen LogP contribution in [0.3, 0.4) is 0 Å². The zero-order chi connectivity index (χ0) is 14.1. The van der Waals surface area contributed by atoms with Crippen molar-refractivity contribution in [3.05, 3.63) is 35.9 Å². The number of nitrogens with one attached hydrogen (secondary N) is 1. The van der Waals surface area contributed by atoms with Crippen LogP contribution in [0.2, 0.25) is 0 Å². The fourth-order valence-electron chi connectivity index (χ4n) is 1.54. The summed E-state index contributed by atoms with van der Waals surface area (Å²) < 4.78 is 4.89. The van der Waals surface area contributed by atoms with Gasteiger partial charge in [0.1, 0.15) is 6.04 Å². The highest BCUT2D eigenvalue weighted by Gasteiger charge is 2.20. The predicted molar refractivity (Wildman–Crippen MR) is 71.0 cm³/mol. The minimum atomic E-state index is -1.07. The molecule has 0 heterocycles. The van der Waals surface area contributed by atoms with Gasteiger partial charge in [-0.2, -0.15) is 0 Å². The van der Waals surface area contributed by atoms with E-state index in [1.165, 1.54) is 0 Å². The number of benzene rings is 1. The predicted octanol–water partition coefficient (Wildman–Crippen LogP) is 2.21. The zero-order valence-electron chi connectivity index (χ0n) is 11.0. The number of aliphatic carboxylic acids is 1. The van der Waals surface area contributed by atoms with Crippen molar-refractivity contribution in [2.45, 2.75) is 32.2 Å². The van der Waals surface area contributed by atoms with Crippen LogP contribution in [0.5, 0.6) is 0 Å². The Labute approximate surface area is 112 Å². The summed E-state index contributed by atoms with van der Waals surface area (Å²) in [5, 5.41) is 11.4. The molecule has 0 aliphatic heterocycles. The summed E-state index contributed by atoms with van der Waals surface area (Å²) in [7, 11) is 0. The number of unbranched alkanes of at least 4 members (excludes halogenated alkanes) is 1. The first kappa shape index (κ1) is 15.0. The molecule has 1 rings (SSSR count). The Kier molecular flexibility index (Phi) is 6.43. The van der Waals surface area contributed by atoms with Gasteiger partial charge in [0.2, 0.25) is 0 Å². The van der Waals surface area contributed by atoms with Gasteiger partial charge in [0.25, 0.3) is 0 Å². The third-order valence-electron chi connectivity index (χ3n) is 2.60. The molecule has 1 aromatic carbocycles. The van der Waals surface area contributed by atoms with E-state index in [4.69, 9.17) is 9.84 Å². The molecular weight excluding hydrogens is 246 g/mol. The average molecular weight is 265 g/mol. The number of amides is 1. The molecule has 0 spiro atoms. The maximum atomic E-state index is 11.4. The standard InChI is InChI=1S/C14H19NO4/c1-2-3-9-19-14(18)15-12(13(16)17)10-11-7-5-4-6-8-11/h4-8,12H,2-3,9-10H2,1H3,(H,15,18)(H,16,17)/t12-/m1/s1. The van der Waals surface area contributed by atoms with Crippen molar-refractivity contribution in [3.8, 4) is 0 Å². The summed E-state index contributed by atoms with van der Waals surface area (Å²) >= 11 is 0. The van der Waals surface area contributed by atoms with Crippen molar-refractivity contribution in [2.75, 3.05) is 6.61 Å². The van der Waals surface area contributed by atoms with Gasteiger partial charge >= 0.3 is 12.1 Å². The Morgan fingerprint density at radius 3 is 2.58 bits per heavy atom. The molecule has 0 fully saturated rings. The molecule has 0 saturated carbocycles. The molecule has 1 aromatic rings. The summed E-state index contributed by atoms with van der Waals surface area (Å²) in [6.07, 6.45) is 1.24. The van der Waals surface area contributed by atoms with Gasteiger partial charge in [0, 0.05) is 6.42 Å². The average Bonchev–Trinajstić information content (AvgIpc) is 2.39.